The summed E-state index contributed by atoms with van der Waals surface area (Å²) in [6.45, 7) is 2.59. The van der Waals surface area contributed by atoms with Crippen LogP contribution < -0.4 is 32.7 Å². The Bertz CT molecular complexity index is 774. The normalized spacial score (nSPS) is 17.0. The molecular formula is C18H32N6O10. The molecule has 0 aromatic carbocycles. The van der Waals surface area contributed by atoms with Gasteiger partial charge in [-0.15, -0.1) is 0 Å². The molecule has 194 valence electrons. The van der Waals surface area contributed by atoms with Crippen LogP contribution in [0.1, 0.15) is 27.2 Å². The Morgan fingerprint density at radius 3 is 1.68 bits per heavy atom. The van der Waals surface area contributed by atoms with Gasteiger partial charge in [-0.25, -0.2) is 4.79 Å². The first-order valence-corrected chi connectivity index (χ1v) is 10.1. The van der Waals surface area contributed by atoms with Gasteiger partial charge in [0, 0.05) is 0 Å². The van der Waals surface area contributed by atoms with Crippen molar-refractivity contribution in [2.45, 2.75) is 69.6 Å². The Labute approximate surface area is 194 Å². The Balaban J connectivity index is 5.34. The lowest BCUT2D eigenvalue weighted by molar-refractivity contribution is -0.145. The fourth-order valence-electron chi connectivity index (χ4n) is 2.41. The molecule has 0 aliphatic heterocycles. The van der Waals surface area contributed by atoms with E-state index in [0.717, 1.165) is 6.92 Å². The molecule has 16 nitrogen and oxygen atoms in total. The Morgan fingerprint density at radius 1 is 0.765 bits per heavy atom. The van der Waals surface area contributed by atoms with E-state index < -0.39 is 91.0 Å². The van der Waals surface area contributed by atoms with E-state index in [-0.39, 0.29) is 0 Å². The van der Waals surface area contributed by atoms with Gasteiger partial charge in [-0.3, -0.25) is 24.0 Å². The second kappa shape index (κ2) is 14.0. The molecule has 0 aromatic heterocycles. The summed E-state index contributed by atoms with van der Waals surface area (Å²) in [5.41, 5.74) is 10.5. The predicted molar refractivity (Wildman–Crippen MR) is 113 cm³/mol. The van der Waals surface area contributed by atoms with E-state index in [4.69, 9.17) is 16.6 Å². The molecule has 0 saturated heterocycles. The molecule has 0 fully saturated rings. The molecule has 0 heterocycles. The topological polar surface area (TPSA) is 284 Å². The Kier molecular flexibility index (Phi) is 12.7. The average molecular weight is 492 g/mol. The molecular weight excluding hydrogens is 460 g/mol. The fourth-order valence-corrected chi connectivity index (χ4v) is 2.41. The zero-order valence-electron chi connectivity index (χ0n) is 18.8. The number of aliphatic carboxylic acids is 1. The number of aliphatic hydroxyl groups is 3. The highest BCUT2D eigenvalue weighted by atomic mass is 16.4. The maximum atomic E-state index is 12.6. The van der Waals surface area contributed by atoms with Gasteiger partial charge in [-0.2, -0.15) is 0 Å². The molecule has 0 bridgehead atoms. The lowest BCUT2D eigenvalue weighted by Crippen LogP contribution is -2.60. The summed E-state index contributed by atoms with van der Waals surface area (Å²) in [7, 11) is 0. The van der Waals surface area contributed by atoms with Crippen molar-refractivity contribution in [3.8, 4) is 0 Å². The number of carboxylic acid groups (broad SMARTS) is 1. The maximum Gasteiger partial charge on any atom is 0.328 e. The molecule has 0 spiro atoms. The number of carboxylic acids is 1. The number of aliphatic hydroxyl groups excluding tert-OH is 3. The summed E-state index contributed by atoms with van der Waals surface area (Å²) >= 11 is 0. The van der Waals surface area contributed by atoms with Gasteiger partial charge in [0.05, 0.1) is 25.2 Å². The molecule has 0 aliphatic carbocycles. The monoisotopic (exact) mass is 492 g/mol. The average Bonchev–Trinajstić information content (AvgIpc) is 2.72. The van der Waals surface area contributed by atoms with Gasteiger partial charge in [0.1, 0.15) is 24.2 Å². The van der Waals surface area contributed by atoms with Crippen LogP contribution in [0.15, 0.2) is 0 Å². The number of nitrogens with two attached hydrogens (primary N) is 2. The van der Waals surface area contributed by atoms with E-state index in [1.165, 1.54) is 13.8 Å². The zero-order valence-corrected chi connectivity index (χ0v) is 18.8. The SMILES string of the molecule is C[C@H](NC(=O)[C@@H](N)[C@@H](C)O)C(=O)N[C@@H](CC(N)=O)C(=O)N[C@@H](CO)C(=O)N[C@H](C(=O)O)[C@@H](C)O. The van der Waals surface area contributed by atoms with Crippen LogP contribution in [0.25, 0.3) is 0 Å². The molecule has 0 aromatic rings. The van der Waals surface area contributed by atoms with E-state index in [0.29, 0.717) is 0 Å². The van der Waals surface area contributed by atoms with Gasteiger partial charge in [0.2, 0.25) is 29.5 Å². The van der Waals surface area contributed by atoms with Gasteiger partial charge in [-0.05, 0) is 20.8 Å². The van der Waals surface area contributed by atoms with Crippen molar-refractivity contribution in [2.75, 3.05) is 6.61 Å². The number of carbonyl (C=O) groups excluding carboxylic acids is 5. The third-order valence-corrected chi connectivity index (χ3v) is 4.47. The van der Waals surface area contributed by atoms with E-state index in [9.17, 15) is 44.1 Å². The van der Waals surface area contributed by atoms with Gasteiger partial charge in [0.15, 0.2) is 6.04 Å². The number of hydrogen-bond donors (Lipinski definition) is 10. The van der Waals surface area contributed by atoms with Crippen LogP contribution in [-0.4, -0.2) is 105 Å². The van der Waals surface area contributed by atoms with E-state index in [1.54, 1.807) is 0 Å². The largest absolute Gasteiger partial charge is 0.480 e. The minimum Gasteiger partial charge on any atom is -0.480 e. The minimum atomic E-state index is -1.74. The summed E-state index contributed by atoms with van der Waals surface area (Å²) in [5, 5.41) is 45.5. The van der Waals surface area contributed by atoms with Gasteiger partial charge in [-0.1, -0.05) is 0 Å². The summed E-state index contributed by atoms with van der Waals surface area (Å²) in [6.07, 6.45) is -3.44. The Hall–Kier alpha value is -3.34. The molecule has 7 atom stereocenters. The van der Waals surface area contributed by atoms with E-state index >= 15 is 0 Å². The molecule has 34 heavy (non-hydrogen) atoms. The lowest BCUT2D eigenvalue weighted by Gasteiger charge is -2.25. The highest BCUT2D eigenvalue weighted by molar-refractivity contribution is 5.97. The van der Waals surface area contributed by atoms with Crippen LogP contribution in [0.2, 0.25) is 0 Å². The summed E-state index contributed by atoms with van der Waals surface area (Å²) in [6, 6.07) is -7.68. The van der Waals surface area contributed by atoms with Crippen LogP contribution in [0.4, 0.5) is 0 Å². The first kappa shape index (κ1) is 30.7. The standard InChI is InChI=1S/C18H32N6O10/c1-6(21-17(32)12(20)7(2)26)14(29)22-9(4-11(19)28)15(30)23-10(5-25)16(31)24-13(8(3)27)18(33)34/h6-10,12-13,25-27H,4-5,20H2,1-3H3,(H2,19,28)(H,21,32)(H,22,29)(H,23,30)(H,24,31)(H,33,34)/t6-,7+,8+,9-,10-,12-,13-/m0/s1. The van der Waals surface area contributed by atoms with Crippen molar-refractivity contribution in [3.05, 3.63) is 0 Å². The first-order valence-electron chi connectivity index (χ1n) is 10.1. The van der Waals surface area contributed by atoms with Crippen LogP contribution in [0.5, 0.6) is 0 Å². The van der Waals surface area contributed by atoms with Crippen molar-refractivity contribution in [2.24, 2.45) is 11.5 Å². The van der Waals surface area contributed by atoms with Gasteiger partial charge in [0.25, 0.3) is 0 Å². The number of amides is 5. The van der Waals surface area contributed by atoms with E-state index in [1.807, 2.05) is 10.6 Å². The zero-order chi connectivity index (χ0) is 26.7. The molecule has 0 aliphatic rings. The fraction of sp³-hybridized carbons (Fsp3) is 0.667. The number of hydrogen-bond acceptors (Lipinski definition) is 10. The summed E-state index contributed by atoms with van der Waals surface area (Å²) in [4.78, 5) is 71.5. The molecule has 0 unspecified atom stereocenters. The first-order chi connectivity index (χ1) is 15.6. The molecule has 0 saturated carbocycles. The highest BCUT2D eigenvalue weighted by Gasteiger charge is 2.32. The van der Waals surface area contributed by atoms with Crippen molar-refractivity contribution in [1.29, 1.82) is 0 Å². The number of nitrogens with one attached hydrogen (secondary N) is 4. The van der Waals surface area contributed by atoms with Crippen molar-refractivity contribution in [3.63, 3.8) is 0 Å². The molecule has 0 rings (SSSR count). The second-order valence-corrected chi connectivity index (χ2v) is 7.54. The van der Waals surface area contributed by atoms with Crippen LogP contribution >= 0.6 is 0 Å². The number of primary amides is 1. The summed E-state index contributed by atoms with van der Waals surface area (Å²) in [5.74, 6) is -6.70. The van der Waals surface area contributed by atoms with Gasteiger partial charge >= 0.3 is 5.97 Å². The van der Waals surface area contributed by atoms with Gasteiger partial charge < -0.3 is 53.2 Å². The minimum absolute atomic E-state index is 0.726. The molecule has 16 heteroatoms. The summed E-state index contributed by atoms with van der Waals surface area (Å²) < 4.78 is 0. The third-order valence-electron chi connectivity index (χ3n) is 4.47. The second-order valence-electron chi connectivity index (χ2n) is 7.54. The quantitative estimate of drug-likeness (QED) is 0.109. The smallest absolute Gasteiger partial charge is 0.328 e. The maximum absolute atomic E-state index is 12.6. The lowest BCUT2D eigenvalue weighted by atomic mass is 10.1. The number of rotatable bonds is 14. The molecule has 12 N–H and O–H groups in total. The third kappa shape index (κ3) is 10.1. The van der Waals surface area contributed by atoms with Crippen LogP contribution in [0.3, 0.4) is 0 Å². The van der Waals surface area contributed by atoms with Crippen LogP contribution in [-0.2, 0) is 28.8 Å². The highest BCUT2D eigenvalue weighted by Crippen LogP contribution is 1.99. The number of carbonyl (C=O) groups is 6. The Morgan fingerprint density at radius 2 is 1.26 bits per heavy atom. The van der Waals surface area contributed by atoms with Crippen molar-refractivity contribution in [1.82, 2.24) is 21.3 Å². The van der Waals surface area contributed by atoms with Crippen LogP contribution in [0, 0.1) is 0 Å². The molecule has 0 radical (unpaired) electrons. The predicted octanol–water partition coefficient (Wildman–Crippen LogP) is -6.01. The van der Waals surface area contributed by atoms with E-state index in [2.05, 4.69) is 10.6 Å². The van der Waals surface area contributed by atoms with Crippen molar-refractivity contribution >= 4 is 35.5 Å². The molecule has 5 amide bonds. The van der Waals surface area contributed by atoms with Crippen molar-refractivity contribution < 1.29 is 49.2 Å².